The summed E-state index contributed by atoms with van der Waals surface area (Å²) >= 11 is 3.11. The molecule has 7 nitrogen and oxygen atoms in total. The molecule has 0 aromatic heterocycles. The minimum Gasteiger partial charge on any atom is -0.466 e. The Morgan fingerprint density at radius 3 is 2.54 bits per heavy atom. The van der Waals surface area contributed by atoms with Crippen LogP contribution in [-0.2, 0) is 14.3 Å². The van der Waals surface area contributed by atoms with E-state index in [1.165, 1.54) is 12.0 Å². The lowest BCUT2D eigenvalue weighted by atomic mass is 10.1. The Hall–Kier alpha value is -2.19. The second-order valence-electron chi connectivity index (χ2n) is 5.05. The van der Waals surface area contributed by atoms with Gasteiger partial charge in [-0.05, 0) is 24.3 Å². The molecule has 0 saturated carbocycles. The van der Waals surface area contributed by atoms with Gasteiger partial charge in [0.1, 0.15) is 5.70 Å². The van der Waals surface area contributed by atoms with Gasteiger partial charge in [0.15, 0.2) is 5.78 Å². The molecule has 8 heteroatoms. The van der Waals surface area contributed by atoms with E-state index >= 15 is 0 Å². The topological polar surface area (TPSA) is 95.9 Å². The lowest BCUT2D eigenvalue weighted by Crippen LogP contribution is -2.31. The highest BCUT2D eigenvalue weighted by molar-refractivity contribution is 9.09. The average molecular weight is 397 g/mol. The maximum absolute atomic E-state index is 12.4. The molecule has 0 saturated heterocycles. The first-order valence-electron chi connectivity index (χ1n) is 7.19. The molecular formula is C16H17BrN2O5. The number of anilines is 1. The van der Waals surface area contributed by atoms with Crippen molar-refractivity contribution in [1.29, 1.82) is 0 Å². The summed E-state index contributed by atoms with van der Waals surface area (Å²) in [6, 6.07) is 6.57. The van der Waals surface area contributed by atoms with Crippen LogP contribution in [0.15, 0.2) is 35.5 Å². The number of hydrogen-bond acceptors (Lipinski definition) is 6. The normalized spacial score (nSPS) is 14.1. The lowest BCUT2D eigenvalue weighted by molar-refractivity contribution is -0.136. The molecule has 2 N–H and O–H groups in total. The number of Topliss-reactive ketones (excluding diaryl/α,β-unsaturated/α-hetero) is 1. The van der Waals surface area contributed by atoms with E-state index in [2.05, 4.69) is 21.2 Å². The summed E-state index contributed by atoms with van der Waals surface area (Å²) in [4.78, 5) is 37.2. The van der Waals surface area contributed by atoms with Crippen molar-refractivity contribution in [1.82, 2.24) is 4.90 Å². The maximum Gasteiger partial charge on any atom is 0.337 e. The third-order valence-electron chi connectivity index (χ3n) is 3.55. The van der Waals surface area contributed by atoms with Crippen LogP contribution < -0.4 is 5.32 Å². The molecule has 1 aromatic rings. The summed E-state index contributed by atoms with van der Waals surface area (Å²) in [5, 5.41) is 12.2. The van der Waals surface area contributed by atoms with E-state index in [0.717, 1.165) is 0 Å². The molecule has 24 heavy (non-hydrogen) atoms. The molecule has 0 bridgehead atoms. The van der Waals surface area contributed by atoms with Gasteiger partial charge in [0.25, 0.3) is 5.91 Å². The molecule has 1 aliphatic rings. The van der Waals surface area contributed by atoms with Gasteiger partial charge in [0.05, 0.1) is 31.2 Å². The number of β-amino-alcohol motifs (C(OH)–C–C–N with tert-alkyl or cyclic N) is 1. The number of carbonyl (C=O) groups is 3. The van der Waals surface area contributed by atoms with E-state index in [9.17, 15) is 14.4 Å². The number of esters is 1. The van der Waals surface area contributed by atoms with Crippen molar-refractivity contribution in [3.8, 4) is 0 Å². The summed E-state index contributed by atoms with van der Waals surface area (Å²) in [5.74, 6) is -1.04. The molecule has 0 aliphatic carbocycles. The molecule has 1 heterocycles. The van der Waals surface area contributed by atoms with Gasteiger partial charge >= 0.3 is 5.97 Å². The lowest BCUT2D eigenvalue weighted by Gasteiger charge is -2.15. The second kappa shape index (κ2) is 8.07. The van der Waals surface area contributed by atoms with E-state index in [1.807, 2.05) is 0 Å². The summed E-state index contributed by atoms with van der Waals surface area (Å²) < 4.78 is 4.71. The standard InChI is InChI=1S/C16H17BrN2O5/c1-24-16(23)12-9-19(6-7-20)15(22)14(12)18-11-4-2-10(3-5-11)13(21)8-17/h2-5,18,20H,6-9H2,1H3. The van der Waals surface area contributed by atoms with E-state index in [4.69, 9.17) is 9.84 Å². The second-order valence-corrected chi connectivity index (χ2v) is 5.62. The number of amides is 1. The van der Waals surface area contributed by atoms with Gasteiger partial charge in [-0.2, -0.15) is 0 Å². The fourth-order valence-corrected chi connectivity index (χ4v) is 2.63. The van der Waals surface area contributed by atoms with Crippen LogP contribution in [-0.4, -0.2) is 59.8 Å². The number of benzene rings is 1. The highest BCUT2D eigenvalue weighted by Gasteiger charge is 2.34. The SMILES string of the molecule is COC(=O)C1=C(Nc2ccc(C(=O)CBr)cc2)C(=O)N(CCO)C1. The Bertz CT molecular complexity index is 684. The number of aliphatic hydroxyl groups excluding tert-OH is 1. The first kappa shape index (κ1) is 18.2. The molecule has 1 aromatic carbocycles. The Morgan fingerprint density at radius 2 is 2.00 bits per heavy atom. The number of halogens is 1. The number of nitrogens with one attached hydrogen (secondary N) is 1. The van der Waals surface area contributed by atoms with Crippen LogP contribution >= 0.6 is 15.9 Å². The van der Waals surface area contributed by atoms with E-state index in [-0.39, 0.29) is 48.0 Å². The average Bonchev–Trinajstić information content (AvgIpc) is 2.91. The largest absolute Gasteiger partial charge is 0.466 e. The third-order valence-corrected chi connectivity index (χ3v) is 4.06. The number of nitrogens with zero attached hydrogens (tertiary/aromatic N) is 1. The van der Waals surface area contributed by atoms with Gasteiger partial charge in [-0.3, -0.25) is 9.59 Å². The molecular weight excluding hydrogens is 380 g/mol. The van der Waals surface area contributed by atoms with Crippen LogP contribution in [0, 0.1) is 0 Å². The number of ketones is 1. The summed E-state index contributed by atoms with van der Waals surface area (Å²) in [5.41, 5.74) is 1.43. The Balaban J connectivity index is 2.25. The fourth-order valence-electron chi connectivity index (χ4n) is 2.31. The summed E-state index contributed by atoms with van der Waals surface area (Å²) in [7, 11) is 1.24. The van der Waals surface area contributed by atoms with E-state index < -0.39 is 5.97 Å². The molecule has 128 valence electrons. The highest BCUT2D eigenvalue weighted by atomic mass is 79.9. The molecule has 0 atom stereocenters. The van der Waals surface area contributed by atoms with Gasteiger partial charge in [0, 0.05) is 17.8 Å². The van der Waals surface area contributed by atoms with Crippen molar-refractivity contribution in [3.05, 3.63) is 41.1 Å². The molecule has 1 amide bonds. The van der Waals surface area contributed by atoms with Crippen molar-refractivity contribution in [2.45, 2.75) is 0 Å². The zero-order valence-electron chi connectivity index (χ0n) is 13.0. The minimum absolute atomic E-state index is 0.0536. The van der Waals surface area contributed by atoms with Crippen LogP contribution in [0.2, 0.25) is 0 Å². The van der Waals surface area contributed by atoms with Crippen molar-refractivity contribution < 1.29 is 24.2 Å². The molecule has 0 unspecified atom stereocenters. The first-order valence-corrected chi connectivity index (χ1v) is 8.31. The van der Waals surface area contributed by atoms with Crippen LogP contribution in [0.3, 0.4) is 0 Å². The maximum atomic E-state index is 12.4. The van der Waals surface area contributed by atoms with Crippen LogP contribution in [0.1, 0.15) is 10.4 Å². The zero-order valence-corrected chi connectivity index (χ0v) is 14.6. The van der Waals surface area contributed by atoms with Gasteiger partial charge in [-0.15, -0.1) is 0 Å². The number of aliphatic hydroxyl groups is 1. The Kier molecular flexibility index (Phi) is 6.10. The summed E-state index contributed by atoms with van der Waals surface area (Å²) in [6.07, 6.45) is 0. The van der Waals surface area contributed by atoms with Crippen molar-refractivity contribution in [2.75, 3.05) is 37.5 Å². The van der Waals surface area contributed by atoms with Gasteiger partial charge in [0.2, 0.25) is 0 Å². The molecule has 1 aliphatic heterocycles. The number of alkyl halides is 1. The number of hydrogen-bond donors (Lipinski definition) is 2. The summed E-state index contributed by atoms with van der Waals surface area (Å²) in [6.45, 7) is 0.00851. The number of rotatable bonds is 7. The van der Waals surface area contributed by atoms with Gasteiger partial charge in [-0.1, -0.05) is 15.9 Å². The Labute approximate surface area is 147 Å². The van der Waals surface area contributed by atoms with Gasteiger partial charge in [-0.25, -0.2) is 4.79 Å². The third kappa shape index (κ3) is 3.82. The number of carbonyl (C=O) groups excluding carboxylic acids is 3. The quantitative estimate of drug-likeness (QED) is 0.404. The molecule has 0 spiro atoms. The van der Waals surface area contributed by atoms with Crippen LogP contribution in [0.25, 0.3) is 0 Å². The first-order chi connectivity index (χ1) is 11.5. The predicted molar refractivity (Wildman–Crippen MR) is 90.9 cm³/mol. The number of methoxy groups -OCH3 is 1. The van der Waals surface area contributed by atoms with E-state index in [1.54, 1.807) is 24.3 Å². The van der Waals surface area contributed by atoms with Gasteiger partial charge < -0.3 is 20.1 Å². The minimum atomic E-state index is -0.600. The van der Waals surface area contributed by atoms with Crippen molar-refractivity contribution >= 4 is 39.3 Å². The predicted octanol–water partition coefficient (Wildman–Crippen LogP) is 0.938. The number of ether oxygens (including phenoxy) is 1. The molecule has 0 radical (unpaired) electrons. The Morgan fingerprint density at radius 1 is 1.33 bits per heavy atom. The molecule has 2 rings (SSSR count). The van der Waals surface area contributed by atoms with Crippen LogP contribution in [0.4, 0.5) is 5.69 Å². The van der Waals surface area contributed by atoms with Crippen molar-refractivity contribution in [2.24, 2.45) is 0 Å². The fraction of sp³-hybridized carbons (Fsp3) is 0.312. The zero-order chi connectivity index (χ0) is 17.7. The van der Waals surface area contributed by atoms with E-state index in [0.29, 0.717) is 11.3 Å². The smallest absolute Gasteiger partial charge is 0.337 e. The monoisotopic (exact) mass is 396 g/mol. The highest BCUT2D eigenvalue weighted by Crippen LogP contribution is 2.23. The molecule has 0 fully saturated rings. The van der Waals surface area contributed by atoms with Crippen molar-refractivity contribution in [3.63, 3.8) is 0 Å². The van der Waals surface area contributed by atoms with Crippen LogP contribution in [0.5, 0.6) is 0 Å².